The van der Waals surface area contributed by atoms with Crippen LogP contribution in [0.15, 0.2) is 70.4 Å². The lowest BCUT2D eigenvalue weighted by Gasteiger charge is -2.17. The zero-order chi connectivity index (χ0) is 31.2. The molecule has 0 amide bonds. The number of aromatic nitrogens is 2. The van der Waals surface area contributed by atoms with E-state index >= 15 is 0 Å². The van der Waals surface area contributed by atoms with Crippen LogP contribution in [0.4, 0.5) is 26.3 Å². The van der Waals surface area contributed by atoms with Crippen LogP contribution in [0.1, 0.15) is 11.3 Å². The Kier molecular flexibility index (Phi) is 14.0. The van der Waals surface area contributed by atoms with E-state index in [0.29, 0.717) is 11.5 Å². The molecule has 0 aliphatic carbocycles. The van der Waals surface area contributed by atoms with Crippen LogP contribution in [0.2, 0.25) is 0 Å². The Morgan fingerprint density at radius 1 is 0.951 bits per heavy atom. The Hall–Kier alpha value is -3.89. The first-order chi connectivity index (χ1) is 19.0. The van der Waals surface area contributed by atoms with Gasteiger partial charge < -0.3 is 25.8 Å². The molecule has 5 N–H and O–H groups in total. The maximum absolute atomic E-state index is 11.8. The highest BCUT2D eigenvalue weighted by Gasteiger charge is 2.38. The highest BCUT2D eigenvalue weighted by Crippen LogP contribution is 2.19. The van der Waals surface area contributed by atoms with Gasteiger partial charge >= 0.3 is 24.3 Å². The molecule has 0 bridgehead atoms. The van der Waals surface area contributed by atoms with E-state index in [0.717, 1.165) is 24.4 Å². The highest BCUT2D eigenvalue weighted by molar-refractivity contribution is 7.99. The third-order valence-corrected chi connectivity index (χ3v) is 5.62. The summed E-state index contributed by atoms with van der Waals surface area (Å²) >= 11 is 1.86. The summed E-state index contributed by atoms with van der Waals surface area (Å²) in [5.74, 6) is -3.92. The molecule has 0 spiro atoms. The molecule has 0 saturated carbocycles. The number of hydrogen-bond acceptors (Lipinski definition) is 7. The van der Waals surface area contributed by atoms with Gasteiger partial charge in [-0.15, -0.1) is 11.8 Å². The maximum Gasteiger partial charge on any atom is 0.490 e. The Labute approximate surface area is 234 Å². The van der Waals surface area contributed by atoms with Crippen molar-refractivity contribution in [1.82, 2.24) is 14.9 Å². The molecule has 0 aliphatic heterocycles. The third-order valence-electron chi connectivity index (χ3n) is 4.63. The average molecular weight is 609 g/mol. The summed E-state index contributed by atoms with van der Waals surface area (Å²) in [7, 11) is 2.12. The number of aliphatic carboxylic acids is 2. The quantitative estimate of drug-likeness (QED) is 0.216. The second-order valence-corrected chi connectivity index (χ2v) is 9.16. The summed E-state index contributed by atoms with van der Waals surface area (Å²) in [6, 6.07) is 20.0. The lowest BCUT2D eigenvalue weighted by atomic mass is 10.1. The number of nitrogens with one attached hydrogen (secondary N) is 1. The average Bonchev–Trinajstić information content (AvgIpc) is 2.88. The number of carbonyl (C=O) groups is 2. The normalized spacial score (nSPS) is 11.1. The minimum atomic E-state index is -5.08. The molecule has 0 aliphatic rings. The largest absolute Gasteiger partial charge is 0.490 e. The molecule has 0 saturated heterocycles. The van der Waals surface area contributed by atoms with Crippen molar-refractivity contribution < 1.29 is 46.1 Å². The van der Waals surface area contributed by atoms with Gasteiger partial charge in [0.1, 0.15) is 5.82 Å². The van der Waals surface area contributed by atoms with Gasteiger partial charge in [0.2, 0.25) is 0 Å². The van der Waals surface area contributed by atoms with Gasteiger partial charge in [0.05, 0.1) is 5.69 Å². The van der Waals surface area contributed by atoms with E-state index in [2.05, 4.69) is 58.3 Å². The molecule has 1 aromatic heterocycles. The first-order valence-electron chi connectivity index (χ1n) is 11.4. The molecule has 0 fully saturated rings. The molecule has 0 unspecified atom stereocenters. The first-order valence-corrected chi connectivity index (χ1v) is 12.4. The van der Waals surface area contributed by atoms with E-state index in [4.69, 9.17) is 25.5 Å². The SMILES string of the molecule is CN(CCSc1ccccc1)Cc1cccc(-c2nc(CN)cc(=O)[nH]2)c1.O=C(O)C(F)(F)F.O=C(O)C(F)(F)F. The number of thioether (sulfide) groups is 1. The summed E-state index contributed by atoms with van der Waals surface area (Å²) in [6.07, 6.45) is -10.2. The number of rotatable bonds is 8. The number of hydrogen-bond donors (Lipinski definition) is 4. The Balaban J connectivity index is 0.000000497. The predicted octanol–water partition coefficient (Wildman–Crippen LogP) is 4.39. The molecule has 3 rings (SSSR count). The zero-order valence-corrected chi connectivity index (χ0v) is 22.2. The monoisotopic (exact) mass is 608 g/mol. The van der Waals surface area contributed by atoms with E-state index in [-0.39, 0.29) is 12.1 Å². The molecule has 41 heavy (non-hydrogen) atoms. The van der Waals surface area contributed by atoms with Gasteiger partial charge in [0.25, 0.3) is 5.56 Å². The van der Waals surface area contributed by atoms with Gasteiger partial charge in [-0.25, -0.2) is 14.6 Å². The number of nitrogens with zero attached hydrogens (tertiary/aromatic N) is 2. The molecular formula is C25H26F6N4O5S. The Morgan fingerprint density at radius 2 is 1.51 bits per heavy atom. The lowest BCUT2D eigenvalue weighted by molar-refractivity contribution is -0.193. The summed E-state index contributed by atoms with van der Waals surface area (Å²) < 4.78 is 63.5. The number of alkyl halides is 6. The van der Waals surface area contributed by atoms with E-state index in [1.165, 1.54) is 16.5 Å². The number of H-pyrrole nitrogens is 1. The second kappa shape index (κ2) is 16.4. The molecule has 0 atom stereocenters. The summed E-state index contributed by atoms with van der Waals surface area (Å²) in [5, 5.41) is 14.2. The molecule has 0 radical (unpaired) electrons. The van der Waals surface area contributed by atoms with Crippen LogP contribution < -0.4 is 11.3 Å². The molecule has 16 heteroatoms. The van der Waals surface area contributed by atoms with Crippen LogP contribution in [0, 0.1) is 0 Å². The van der Waals surface area contributed by atoms with Crippen LogP contribution in [0.25, 0.3) is 11.4 Å². The predicted molar refractivity (Wildman–Crippen MR) is 139 cm³/mol. The molecule has 9 nitrogen and oxygen atoms in total. The van der Waals surface area contributed by atoms with E-state index < -0.39 is 24.3 Å². The molecule has 1 heterocycles. The highest BCUT2D eigenvalue weighted by atomic mass is 32.2. The fraction of sp³-hybridized carbons (Fsp3) is 0.280. The van der Waals surface area contributed by atoms with Crippen LogP contribution in [-0.2, 0) is 22.7 Å². The number of nitrogens with two attached hydrogens (primary N) is 1. The number of aromatic amines is 1. The number of halogens is 6. The fourth-order valence-corrected chi connectivity index (χ4v) is 3.78. The number of carboxylic acids is 2. The maximum atomic E-state index is 11.8. The van der Waals surface area contributed by atoms with Crippen LogP contribution in [-0.4, -0.2) is 68.7 Å². The second-order valence-electron chi connectivity index (χ2n) is 7.99. The smallest absolute Gasteiger partial charge is 0.475 e. The number of carboxylic acid groups (broad SMARTS) is 2. The molecule has 224 valence electrons. The zero-order valence-electron chi connectivity index (χ0n) is 21.4. The van der Waals surface area contributed by atoms with Crippen molar-refractivity contribution in [2.24, 2.45) is 5.73 Å². The van der Waals surface area contributed by atoms with Crippen LogP contribution in [0.5, 0.6) is 0 Å². The Morgan fingerprint density at radius 3 is 2.02 bits per heavy atom. The third kappa shape index (κ3) is 14.3. The van der Waals surface area contributed by atoms with Gasteiger partial charge in [0.15, 0.2) is 0 Å². The summed E-state index contributed by atoms with van der Waals surface area (Å²) in [6.45, 7) is 2.07. The number of benzene rings is 2. The standard InChI is InChI=1S/C21H24N4OS.2C2HF3O2/c1-25(10-11-27-19-8-3-2-4-9-19)15-16-6-5-7-17(12-16)21-23-18(14-22)13-20(26)24-21;2*3-2(4,5)1(6)7/h2-9,12-13H,10-11,14-15,22H2,1H3,(H,23,24,26);2*(H,6,7). The van der Waals surface area contributed by atoms with Crippen molar-refractivity contribution in [2.45, 2.75) is 30.3 Å². The van der Waals surface area contributed by atoms with Gasteiger partial charge in [-0.3, -0.25) is 4.79 Å². The first kappa shape index (κ1) is 35.1. The minimum absolute atomic E-state index is 0.180. The molecule has 2 aromatic carbocycles. The topological polar surface area (TPSA) is 150 Å². The van der Waals surface area contributed by atoms with Gasteiger partial charge in [-0.1, -0.05) is 36.4 Å². The van der Waals surface area contributed by atoms with Crippen LogP contribution in [0.3, 0.4) is 0 Å². The Bertz CT molecular complexity index is 1300. The van der Waals surface area contributed by atoms with Gasteiger partial charge in [-0.05, 0) is 30.8 Å². The van der Waals surface area contributed by atoms with Crippen molar-refractivity contribution in [1.29, 1.82) is 0 Å². The summed E-state index contributed by atoms with van der Waals surface area (Å²) in [5.41, 5.74) is 8.11. The lowest BCUT2D eigenvalue weighted by Crippen LogP contribution is -2.21. The van der Waals surface area contributed by atoms with Gasteiger partial charge in [0, 0.05) is 41.9 Å². The van der Waals surface area contributed by atoms with Crippen molar-refractivity contribution in [3.63, 3.8) is 0 Å². The van der Waals surface area contributed by atoms with Crippen LogP contribution >= 0.6 is 11.8 Å². The molecule has 3 aromatic rings. The fourth-order valence-electron chi connectivity index (χ4n) is 2.79. The van der Waals surface area contributed by atoms with E-state index in [1.807, 2.05) is 30.0 Å². The van der Waals surface area contributed by atoms with Crippen molar-refractivity contribution in [2.75, 3.05) is 19.3 Å². The van der Waals surface area contributed by atoms with Crippen molar-refractivity contribution in [3.8, 4) is 11.4 Å². The van der Waals surface area contributed by atoms with E-state index in [1.54, 1.807) is 0 Å². The van der Waals surface area contributed by atoms with Crippen molar-refractivity contribution in [3.05, 3.63) is 82.3 Å². The van der Waals surface area contributed by atoms with Crippen molar-refractivity contribution >= 4 is 23.7 Å². The summed E-state index contributed by atoms with van der Waals surface area (Å²) in [4.78, 5) is 40.4. The van der Waals surface area contributed by atoms with Gasteiger partial charge in [-0.2, -0.15) is 26.3 Å². The molecular weight excluding hydrogens is 582 g/mol. The minimum Gasteiger partial charge on any atom is -0.475 e. The van der Waals surface area contributed by atoms with E-state index in [9.17, 15) is 31.1 Å².